The Kier molecular flexibility index (Phi) is 4.72. The van der Waals surface area contributed by atoms with Crippen molar-refractivity contribution >= 4 is 11.9 Å². The second-order valence-corrected chi connectivity index (χ2v) is 7.83. The first-order valence-corrected chi connectivity index (χ1v) is 9.77. The van der Waals surface area contributed by atoms with Gasteiger partial charge < -0.3 is 15.5 Å². The average molecular weight is 371 g/mol. The van der Waals surface area contributed by atoms with Crippen LogP contribution in [-0.4, -0.2) is 51.5 Å². The fourth-order valence-electron chi connectivity index (χ4n) is 4.09. The van der Waals surface area contributed by atoms with Crippen LogP contribution in [0.5, 0.6) is 0 Å². The van der Waals surface area contributed by atoms with Crippen LogP contribution in [0.15, 0.2) is 6.20 Å². The summed E-state index contributed by atoms with van der Waals surface area (Å²) in [6, 6.07) is 1.89. The Balaban J connectivity index is 1.49. The molecule has 9 nitrogen and oxygen atoms in total. The van der Waals surface area contributed by atoms with E-state index in [4.69, 9.17) is 0 Å². The maximum Gasteiger partial charge on any atom is 0.317 e. The molecule has 3 amide bonds. The van der Waals surface area contributed by atoms with Crippen LogP contribution in [0.4, 0.5) is 4.79 Å². The van der Waals surface area contributed by atoms with E-state index in [0.29, 0.717) is 24.7 Å². The Morgan fingerprint density at radius 3 is 2.81 bits per heavy atom. The van der Waals surface area contributed by atoms with Gasteiger partial charge in [0, 0.05) is 13.1 Å². The van der Waals surface area contributed by atoms with Gasteiger partial charge in [-0.05, 0) is 31.6 Å². The molecule has 1 saturated heterocycles. The van der Waals surface area contributed by atoms with Crippen molar-refractivity contribution in [2.45, 2.75) is 56.5 Å². The molecule has 0 unspecified atom stereocenters. The highest BCUT2D eigenvalue weighted by Gasteiger charge is 2.47. The van der Waals surface area contributed by atoms with E-state index >= 15 is 0 Å². The van der Waals surface area contributed by atoms with Gasteiger partial charge in [0.15, 0.2) is 5.54 Å². The lowest BCUT2D eigenvalue weighted by atomic mass is 9.82. The van der Waals surface area contributed by atoms with Crippen LogP contribution in [-0.2, 0) is 10.3 Å². The highest BCUT2D eigenvalue weighted by Crippen LogP contribution is 2.42. The molecule has 2 heterocycles. The molecule has 2 aliphatic carbocycles. The van der Waals surface area contributed by atoms with Crippen molar-refractivity contribution in [1.29, 1.82) is 5.26 Å². The zero-order valence-corrected chi connectivity index (χ0v) is 15.4. The van der Waals surface area contributed by atoms with Gasteiger partial charge in [-0.15, -0.1) is 5.10 Å². The number of nitrogens with one attached hydrogen (secondary N) is 2. The quantitative estimate of drug-likeness (QED) is 0.775. The number of carbonyl (C=O) groups is 2. The SMILES string of the molecule is N#CC1(n2cc([C@@H](NC(=O)CN3CCNC3=O)C3CCCCC3)nn2)CC1. The predicted molar refractivity (Wildman–Crippen MR) is 95.3 cm³/mol. The molecule has 2 saturated carbocycles. The minimum atomic E-state index is -0.556. The summed E-state index contributed by atoms with van der Waals surface area (Å²) in [4.78, 5) is 25.8. The monoisotopic (exact) mass is 371 g/mol. The number of carbonyl (C=O) groups excluding carboxylic acids is 2. The average Bonchev–Trinajstić information content (AvgIpc) is 3.15. The van der Waals surface area contributed by atoms with Crippen molar-refractivity contribution in [1.82, 2.24) is 30.5 Å². The van der Waals surface area contributed by atoms with Gasteiger partial charge in [-0.25, -0.2) is 9.48 Å². The van der Waals surface area contributed by atoms with Crippen LogP contribution in [0, 0.1) is 17.2 Å². The van der Waals surface area contributed by atoms with Gasteiger partial charge in [0.1, 0.15) is 12.2 Å². The first-order valence-electron chi connectivity index (χ1n) is 9.77. The highest BCUT2D eigenvalue weighted by molar-refractivity contribution is 5.85. The van der Waals surface area contributed by atoms with Crippen molar-refractivity contribution in [3.63, 3.8) is 0 Å². The summed E-state index contributed by atoms with van der Waals surface area (Å²) in [5.41, 5.74) is 0.155. The van der Waals surface area contributed by atoms with Crippen molar-refractivity contribution in [2.24, 2.45) is 5.92 Å². The third-order valence-electron chi connectivity index (χ3n) is 5.92. The number of urea groups is 1. The molecule has 0 radical (unpaired) electrons. The number of rotatable bonds is 6. The van der Waals surface area contributed by atoms with E-state index in [0.717, 1.165) is 38.5 Å². The lowest BCUT2D eigenvalue weighted by Gasteiger charge is -2.30. The molecule has 144 valence electrons. The maximum atomic E-state index is 12.6. The van der Waals surface area contributed by atoms with Gasteiger partial charge in [0.05, 0.1) is 18.3 Å². The van der Waals surface area contributed by atoms with Gasteiger partial charge in [0.2, 0.25) is 5.91 Å². The third-order valence-corrected chi connectivity index (χ3v) is 5.92. The van der Waals surface area contributed by atoms with Crippen molar-refractivity contribution in [2.75, 3.05) is 19.6 Å². The van der Waals surface area contributed by atoms with E-state index in [9.17, 15) is 14.9 Å². The smallest absolute Gasteiger partial charge is 0.317 e. The van der Waals surface area contributed by atoms with Gasteiger partial charge in [-0.3, -0.25) is 4.79 Å². The second-order valence-electron chi connectivity index (χ2n) is 7.83. The maximum absolute atomic E-state index is 12.6. The van der Waals surface area contributed by atoms with Crippen molar-refractivity contribution in [3.05, 3.63) is 11.9 Å². The van der Waals surface area contributed by atoms with Gasteiger partial charge in [-0.2, -0.15) is 5.26 Å². The Morgan fingerprint density at radius 1 is 1.41 bits per heavy atom. The molecule has 2 N–H and O–H groups in total. The molecule has 0 bridgehead atoms. The summed E-state index contributed by atoms with van der Waals surface area (Å²) in [6.45, 7) is 1.16. The van der Waals surface area contributed by atoms with Crippen LogP contribution < -0.4 is 10.6 Å². The molecule has 1 aromatic rings. The number of nitrogens with zero attached hydrogens (tertiary/aromatic N) is 5. The number of hydrogen-bond acceptors (Lipinski definition) is 5. The van der Waals surface area contributed by atoms with Crippen LogP contribution in [0.3, 0.4) is 0 Å². The summed E-state index contributed by atoms with van der Waals surface area (Å²) < 4.78 is 1.65. The summed E-state index contributed by atoms with van der Waals surface area (Å²) >= 11 is 0. The molecular weight excluding hydrogens is 346 g/mol. The van der Waals surface area contributed by atoms with Crippen molar-refractivity contribution in [3.8, 4) is 6.07 Å². The lowest BCUT2D eigenvalue weighted by molar-refractivity contribution is -0.122. The molecule has 3 aliphatic rings. The van der Waals surface area contributed by atoms with Crippen LogP contribution in [0.2, 0.25) is 0 Å². The van der Waals surface area contributed by atoms with E-state index < -0.39 is 5.54 Å². The first kappa shape index (κ1) is 17.8. The molecule has 3 fully saturated rings. The largest absolute Gasteiger partial charge is 0.346 e. The van der Waals surface area contributed by atoms with Crippen LogP contribution >= 0.6 is 0 Å². The molecule has 1 atom stereocenters. The summed E-state index contributed by atoms with van der Waals surface area (Å²) in [5, 5.41) is 23.7. The Hall–Kier alpha value is -2.63. The van der Waals surface area contributed by atoms with E-state index in [1.165, 1.54) is 11.3 Å². The van der Waals surface area contributed by atoms with E-state index in [-0.39, 0.29) is 24.5 Å². The molecule has 27 heavy (non-hydrogen) atoms. The van der Waals surface area contributed by atoms with Gasteiger partial charge in [-0.1, -0.05) is 24.5 Å². The number of hydrogen-bond donors (Lipinski definition) is 2. The first-order chi connectivity index (χ1) is 13.1. The third kappa shape index (κ3) is 3.61. The standard InChI is InChI=1S/C18H25N7O2/c19-12-18(6-7-18)25-10-14(22-23-25)16(13-4-2-1-3-5-13)21-15(26)11-24-9-8-20-17(24)27/h10,13,16H,1-9,11H2,(H,20,27)(H,21,26)/t16-/m0/s1. The normalized spacial score (nSPS) is 22.8. The van der Waals surface area contributed by atoms with E-state index in [1.54, 1.807) is 4.68 Å². The molecule has 0 aromatic carbocycles. The number of nitriles is 1. The summed E-state index contributed by atoms with van der Waals surface area (Å²) in [7, 11) is 0. The van der Waals surface area contributed by atoms with Crippen molar-refractivity contribution < 1.29 is 9.59 Å². The molecule has 4 rings (SSSR count). The Labute approximate surface area is 158 Å². The minimum Gasteiger partial charge on any atom is -0.346 e. The highest BCUT2D eigenvalue weighted by atomic mass is 16.2. The zero-order valence-electron chi connectivity index (χ0n) is 15.4. The fourth-order valence-corrected chi connectivity index (χ4v) is 4.09. The van der Waals surface area contributed by atoms with Gasteiger partial charge in [0.25, 0.3) is 0 Å². The van der Waals surface area contributed by atoms with E-state index in [1.807, 2.05) is 6.20 Å². The van der Waals surface area contributed by atoms with E-state index in [2.05, 4.69) is 27.0 Å². The molecule has 9 heteroatoms. The van der Waals surface area contributed by atoms with Crippen LogP contribution in [0.25, 0.3) is 0 Å². The topological polar surface area (TPSA) is 116 Å². The molecule has 1 aromatic heterocycles. The summed E-state index contributed by atoms with van der Waals surface area (Å²) in [5.74, 6) is 0.121. The molecular formula is C18H25N7O2. The second kappa shape index (κ2) is 7.18. The Bertz CT molecular complexity index is 758. The molecule has 1 aliphatic heterocycles. The summed E-state index contributed by atoms with van der Waals surface area (Å²) in [6.07, 6.45) is 8.96. The number of amides is 3. The minimum absolute atomic E-state index is 0.0469. The fraction of sp³-hybridized carbons (Fsp3) is 0.722. The van der Waals surface area contributed by atoms with Crippen LogP contribution in [0.1, 0.15) is 56.7 Å². The zero-order chi connectivity index (χ0) is 18.9. The van der Waals surface area contributed by atoms with Gasteiger partial charge >= 0.3 is 6.03 Å². The number of aromatic nitrogens is 3. The predicted octanol–water partition coefficient (Wildman–Crippen LogP) is 1.05. The molecule has 0 spiro atoms. The lowest BCUT2D eigenvalue weighted by Crippen LogP contribution is -2.42. The Morgan fingerprint density at radius 2 is 2.19 bits per heavy atom.